The summed E-state index contributed by atoms with van der Waals surface area (Å²) in [6.07, 6.45) is 6.38. The van der Waals surface area contributed by atoms with E-state index in [0.29, 0.717) is 5.92 Å². The van der Waals surface area contributed by atoms with E-state index in [0.717, 1.165) is 29.9 Å². The molecule has 1 saturated carbocycles. The van der Waals surface area contributed by atoms with E-state index in [2.05, 4.69) is 46.8 Å². The summed E-state index contributed by atoms with van der Waals surface area (Å²) in [6.45, 7) is 2.81. The monoisotopic (exact) mass is 399 g/mol. The third-order valence-electron chi connectivity index (χ3n) is 5.86. The zero-order chi connectivity index (χ0) is 20.8. The van der Waals surface area contributed by atoms with E-state index >= 15 is 0 Å². The van der Waals surface area contributed by atoms with Crippen molar-refractivity contribution in [1.29, 1.82) is 0 Å². The average Bonchev–Trinajstić information content (AvgIpc) is 2.73. The standard InChI is InChI=1S/C26H29N3O/c1-19-10-12-20(13-11-19)16-17-27-25(22-6-3-2-4-7-22)26(30)29-23-14-15-24(28-18-23)21-8-5-9-21/h2-4,6-7,10-15,18,21,25,27H,5,8-9,16-17H2,1H3,(H,29,30)/t25-/m1/s1. The normalized spacial score (nSPS) is 14.7. The predicted molar refractivity (Wildman–Crippen MR) is 122 cm³/mol. The molecule has 4 rings (SSSR count). The molecule has 1 aliphatic rings. The Kier molecular flexibility index (Phi) is 6.55. The molecule has 1 aromatic heterocycles. The molecule has 1 heterocycles. The maximum Gasteiger partial charge on any atom is 0.246 e. The highest BCUT2D eigenvalue weighted by Crippen LogP contribution is 2.35. The van der Waals surface area contributed by atoms with Crippen LogP contribution in [0.3, 0.4) is 0 Å². The molecule has 1 fully saturated rings. The van der Waals surface area contributed by atoms with Gasteiger partial charge >= 0.3 is 0 Å². The number of carbonyl (C=O) groups excluding carboxylic acids is 1. The summed E-state index contributed by atoms with van der Waals surface area (Å²) >= 11 is 0. The van der Waals surface area contributed by atoms with Gasteiger partial charge in [0.2, 0.25) is 5.91 Å². The van der Waals surface area contributed by atoms with Crippen molar-refractivity contribution in [2.45, 2.75) is 44.6 Å². The molecular formula is C26H29N3O. The molecule has 154 valence electrons. The number of carbonyl (C=O) groups is 1. The highest BCUT2D eigenvalue weighted by atomic mass is 16.2. The third kappa shape index (κ3) is 5.14. The lowest BCUT2D eigenvalue weighted by Gasteiger charge is -2.24. The van der Waals surface area contributed by atoms with Crippen molar-refractivity contribution >= 4 is 11.6 Å². The van der Waals surface area contributed by atoms with E-state index in [-0.39, 0.29) is 5.91 Å². The van der Waals surface area contributed by atoms with Crippen molar-refractivity contribution in [2.75, 3.05) is 11.9 Å². The Morgan fingerprint density at radius 3 is 2.43 bits per heavy atom. The van der Waals surface area contributed by atoms with Crippen LogP contribution in [0.1, 0.15) is 53.6 Å². The smallest absolute Gasteiger partial charge is 0.246 e. The fourth-order valence-corrected chi connectivity index (χ4v) is 3.76. The molecule has 0 unspecified atom stereocenters. The second-order valence-corrected chi connectivity index (χ2v) is 8.12. The molecule has 1 amide bonds. The minimum atomic E-state index is -0.414. The molecule has 0 bridgehead atoms. The molecule has 4 heteroatoms. The molecule has 0 aliphatic heterocycles. The van der Waals surface area contributed by atoms with Gasteiger partial charge in [0.05, 0.1) is 11.9 Å². The van der Waals surface area contributed by atoms with Crippen LogP contribution >= 0.6 is 0 Å². The van der Waals surface area contributed by atoms with Gasteiger partial charge in [0.15, 0.2) is 0 Å². The maximum absolute atomic E-state index is 13.1. The quantitative estimate of drug-likeness (QED) is 0.549. The highest BCUT2D eigenvalue weighted by molar-refractivity contribution is 5.95. The first-order chi connectivity index (χ1) is 14.7. The van der Waals surface area contributed by atoms with Crippen molar-refractivity contribution < 1.29 is 4.79 Å². The highest BCUT2D eigenvalue weighted by Gasteiger charge is 2.22. The zero-order valence-corrected chi connectivity index (χ0v) is 17.5. The second kappa shape index (κ2) is 9.68. The first kappa shape index (κ1) is 20.3. The SMILES string of the molecule is Cc1ccc(CCN[C@@H](C(=O)Nc2ccc(C3CCC3)nc2)c2ccccc2)cc1. The Morgan fingerprint density at radius 1 is 1.03 bits per heavy atom. The Bertz CT molecular complexity index is 948. The van der Waals surface area contributed by atoms with Crippen molar-refractivity contribution in [1.82, 2.24) is 10.3 Å². The Hall–Kier alpha value is -2.98. The van der Waals surface area contributed by atoms with E-state index in [4.69, 9.17) is 0 Å². The molecule has 30 heavy (non-hydrogen) atoms. The van der Waals surface area contributed by atoms with Gasteiger partial charge in [-0.1, -0.05) is 66.6 Å². The van der Waals surface area contributed by atoms with Crippen molar-refractivity contribution in [3.05, 3.63) is 95.3 Å². The van der Waals surface area contributed by atoms with Gasteiger partial charge in [-0.15, -0.1) is 0 Å². The lowest BCUT2D eigenvalue weighted by atomic mass is 9.83. The van der Waals surface area contributed by atoms with Crippen molar-refractivity contribution in [3.63, 3.8) is 0 Å². The molecule has 0 spiro atoms. The molecule has 2 aromatic carbocycles. The van der Waals surface area contributed by atoms with Gasteiger partial charge in [-0.2, -0.15) is 0 Å². The second-order valence-electron chi connectivity index (χ2n) is 8.12. The lowest BCUT2D eigenvalue weighted by molar-refractivity contribution is -0.118. The molecule has 0 saturated heterocycles. The number of amides is 1. The van der Waals surface area contributed by atoms with Crippen LogP contribution in [0, 0.1) is 6.92 Å². The number of anilines is 1. The van der Waals surface area contributed by atoms with Gasteiger partial charge in [0.1, 0.15) is 6.04 Å². The number of hydrogen-bond donors (Lipinski definition) is 2. The van der Waals surface area contributed by atoms with Crippen LogP contribution in [0.5, 0.6) is 0 Å². The van der Waals surface area contributed by atoms with Gasteiger partial charge < -0.3 is 10.6 Å². The van der Waals surface area contributed by atoms with Crippen LogP contribution in [0.25, 0.3) is 0 Å². The fourth-order valence-electron chi connectivity index (χ4n) is 3.76. The molecule has 3 aromatic rings. The van der Waals surface area contributed by atoms with E-state index in [9.17, 15) is 4.79 Å². The average molecular weight is 400 g/mol. The number of benzene rings is 2. The molecule has 0 radical (unpaired) electrons. The summed E-state index contributed by atoms with van der Waals surface area (Å²) in [5.74, 6) is 0.526. The Balaban J connectivity index is 1.40. The van der Waals surface area contributed by atoms with Gasteiger partial charge in [0, 0.05) is 18.2 Å². The predicted octanol–water partition coefficient (Wildman–Crippen LogP) is 5.17. The topological polar surface area (TPSA) is 54.0 Å². The summed E-state index contributed by atoms with van der Waals surface area (Å²) < 4.78 is 0. The summed E-state index contributed by atoms with van der Waals surface area (Å²) in [4.78, 5) is 17.6. The van der Waals surface area contributed by atoms with E-state index in [1.165, 1.54) is 30.4 Å². The lowest BCUT2D eigenvalue weighted by Crippen LogP contribution is -2.34. The van der Waals surface area contributed by atoms with Crippen LogP contribution < -0.4 is 10.6 Å². The molecule has 1 atom stereocenters. The van der Waals surface area contributed by atoms with Crippen molar-refractivity contribution in [2.24, 2.45) is 0 Å². The molecule has 1 aliphatic carbocycles. The number of nitrogens with one attached hydrogen (secondary N) is 2. The number of rotatable bonds is 8. The van der Waals surface area contributed by atoms with Gasteiger partial charge in [-0.05, 0) is 49.4 Å². The number of hydrogen-bond acceptors (Lipinski definition) is 3. The number of pyridine rings is 1. The van der Waals surface area contributed by atoms with Crippen molar-refractivity contribution in [3.8, 4) is 0 Å². The Labute approximate surface area is 178 Å². The summed E-state index contributed by atoms with van der Waals surface area (Å²) in [6, 6.07) is 22.0. The third-order valence-corrected chi connectivity index (χ3v) is 5.86. The van der Waals surface area contributed by atoms with Gasteiger partial charge in [0.25, 0.3) is 0 Å². The molecular weight excluding hydrogens is 370 g/mol. The fraction of sp³-hybridized carbons (Fsp3) is 0.308. The van der Waals surface area contributed by atoms with Gasteiger partial charge in [-0.25, -0.2) is 0 Å². The van der Waals surface area contributed by atoms with Crippen LogP contribution in [0.15, 0.2) is 72.9 Å². The van der Waals surface area contributed by atoms with E-state index < -0.39 is 6.04 Å². The number of nitrogens with zero attached hydrogens (tertiary/aromatic N) is 1. The minimum Gasteiger partial charge on any atom is -0.323 e. The largest absolute Gasteiger partial charge is 0.323 e. The maximum atomic E-state index is 13.1. The first-order valence-electron chi connectivity index (χ1n) is 10.8. The van der Waals surface area contributed by atoms with Crippen LogP contribution in [-0.2, 0) is 11.2 Å². The minimum absolute atomic E-state index is 0.0664. The summed E-state index contributed by atoms with van der Waals surface area (Å²) in [5, 5.41) is 6.47. The number of aromatic nitrogens is 1. The number of aryl methyl sites for hydroxylation is 1. The van der Waals surface area contributed by atoms with Crippen LogP contribution in [0.4, 0.5) is 5.69 Å². The summed E-state index contributed by atoms with van der Waals surface area (Å²) in [5.41, 5.74) is 5.35. The first-order valence-corrected chi connectivity index (χ1v) is 10.8. The van der Waals surface area contributed by atoms with E-state index in [1.807, 2.05) is 42.5 Å². The summed E-state index contributed by atoms with van der Waals surface area (Å²) in [7, 11) is 0. The van der Waals surface area contributed by atoms with Crippen LogP contribution in [0.2, 0.25) is 0 Å². The molecule has 4 nitrogen and oxygen atoms in total. The Morgan fingerprint density at radius 2 is 1.80 bits per heavy atom. The molecule has 2 N–H and O–H groups in total. The van der Waals surface area contributed by atoms with Crippen LogP contribution in [-0.4, -0.2) is 17.4 Å². The zero-order valence-electron chi connectivity index (χ0n) is 17.5. The van der Waals surface area contributed by atoms with Gasteiger partial charge in [-0.3, -0.25) is 9.78 Å². The van der Waals surface area contributed by atoms with E-state index in [1.54, 1.807) is 6.20 Å².